The Kier molecular flexibility index (Phi) is 7.53. The van der Waals surface area contributed by atoms with E-state index in [1.54, 1.807) is 7.11 Å². The Labute approximate surface area is 165 Å². The Bertz CT molecular complexity index is 914. The van der Waals surface area contributed by atoms with E-state index in [4.69, 9.17) is 4.74 Å². The summed E-state index contributed by atoms with van der Waals surface area (Å²) in [6.07, 6.45) is 0.508. The minimum Gasteiger partial charge on any atom is -0.496 e. The molecular weight excluding hydrogens is 383 g/mol. The third-order valence-corrected chi connectivity index (χ3v) is 5.70. The fourth-order valence-corrected chi connectivity index (χ4v) is 3.81. The molecule has 0 saturated carbocycles. The highest BCUT2D eigenvalue weighted by molar-refractivity contribution is 7.89. The van der Waals surface area contributed by atoms with Crippen molar-refractivity contribution in [1.82, 2.24) is 10.0 Å². The topological polar surface area (TPSA) is 84.5 Å². The van der Waals surface area contributed by atoms with Gasteiger partial charge in [0.15, 0.2) is 0 Å². The van der Waals surface area contributed by atoms with E-state index in [9.17, 15) is 17.6 Å². The molecule has 0 aliphatic carbocycles. The van der Waals surface area contributed by atoms with Gasteiger partial charge in [-0.3, -0.25) is 4.79 Å². The fraction of sp³-hybridized carbons (Fsp3) is 0.350. The molecule has 0 saturated heterocycles. The first-order chi connectivity index (χ1) is 13.2. The molecular formula is C20H25FN2O4S. The molecule has 0 fully saturated rings. The van der Waals surface area contributed by atoms with E-state index in [-0.39, 0.29) is 29.8 Å². The zero-order valence-electron chi connectivity index (χ0n) is 16.2. The van der Waals surface area contributed by atoms with Gasteiger partial charge in [-0.05, 0) is 50.6 Å². The number of halogens is 1. The number of rotatable bonds is 9. The van der Waals surface area contributed by atoms with Crippen molar-refractivity contribution >= 4 is 15.9 Å². The first kappa shape index (κ1) is 21.8. The monoisotopic (exact) mass is 408 g/mol. The standard InChI is InChI=1S/C20H25FN2O4S/c1-14-6-11-19(27-3)18(13-14)15(2)23-20(24)5-4-12-22-28(25,26)17-9-7-16(21)8-10-17/h6-11,13,15,22H,4-5,12H2,1-3H3,(H,23,24)/t15-/m1/s1. The van der Waals surface area contributed by atoms with Gasteiger partial charge in [-0.2, -0.15) is 0 Å². The van der Waals surface area contributed by atoms with Crippen LogP contribution in [0.15, 0.2) is 47.4 Å². The van der Waals surface area contributed by atoms with Crippen LogP contribution in [0.3, 0.4) is 0 Å². The van der Waals surface area contributed by atoms with E-state index in [0.29, 0.717) is 12.2 Å². The number of aryl methyl sites for hydroxylation is 1. The molecule has 0 heterocycles. The van der Waals surface area contributed by atoms with Gasteiger partial charge in [0.05, 0.1) is 18.0 Å². The number of sulfonamides is 1. The van der Waals surface area contributed by atoms with Crippen molar-refractivity contribution < 1.29 is 22.3 Å². The van der Waals surface area contributed by atoms with Gasteiger partial charge in [0.25, 0.3) is 0 Å². The van der Waals surface area contributed by atoms with E-state index < -0.39 is 15.8 Å². The van der Waals surface area contributed by atoms with Crippen LogP contribution < -0.4 is 14.8 Å². The number of hydrogen-bond acceptors (Lipinski definition) is 4. The summed E-state index contributed by atoms with van der Waals surface area (Å²) in [5.74, 6) is 0.0116. The molecule has 0 unspecified atom stereocenters. The summed E-state index contributed by atoms with van der Waals surface area (Å²) in [4.78, 5) is 12.2. The summed E-state index contributed by atoms with van der Waals surface area (Å²) in [5.41, 5.74) is 1.94. The lowest BCUT2D eigenvalue weighted by Gasteiger charge is -2.18. The maximum Gasteiger partial charge on any atom is 0.240 e. The second-order valence-corrected chi connectivity index (χ2v) is 8.26. The molecule has 0 aliphatic heterocycles. The number of benzene rings is 2. The highest BCUT2D eigenvalue weighted by atomic mass is 32.2. The molecule has 0 spiro atoms. The largest absolute Gasteiger partial charge is 0.496 e. The predicted octanol–water partition coefficient (Wildman–Crippen LogP) is 3.08. The molecule has 0 aliphatic rings. The van der Waals surface area contributed by atoms with E-state index in [1.807, 2.05) is 32.0 Å². The summed E-state index contributed by atoms with van der Waals surface area (Å²) >= 11 is 0. The van der Waals surface area contributed by atoms with Crippen molar-refractivity contribution in [1.29, 1.82) is 0 Å². The first-order valence-electron chi connectivity index (χ1n) is 8.92. The minimum atomic E-state index is -3.72. The molecule has 2 aromatic rings. The van der Waals surface area contributed by atoms with Crippen LogP contribution in [0.5, 0.6) is 5.75 Å². The molecule has 28 heavy (non-hydrogen) atoms. The molecule has 152 valence electrons. The second kappa shape index (κ2) is 9.66. The van der Waals surface area contributed by atoms with Crippen LogP contribution in [0, 0.1) is 12.7 Å². The van der Waals surface area contributed by atoms with Crippen molar-refractivity contribution in [3.05, 3.63) is 59.4 Å². The highest BCUT2D eigenvalue weighted by Gasteiger charge is 2.16. The molecule has 1 amide bonds. The molecule has 2 rings (SSSR count). The van der Waals surface area contributed by atoms with Gasteiger partial charge in [0.1, 0.15) is 11.6 Å². The Morgan fingerprint density at radius 1 is 1.18 bits per heavy atom. The Hall–Kier alpha value is -2.45. The van der Waals surface area contributed by atoms with Crippen molar-refractivity contribution in [2.24, 2.45) is 0 Å². The molecule has 0 bridgehead atoms. The van der Waals surface area contributed by atoms with E-state index in [2.05, 4.69) is 10.0 Å². The third kappa shape index (κ3) is 6.03. The zero-order chi connectivity index (χ0) is 20.7. The second-order valence-electron chi connectivity index (χ2n) is 6.49. The van der Waals surface area contributed by atoms with Crippen molar-refractivity contribution in [3.63, 3.8) is 0 Å². The average molecular weight is 408 g/mol. The van der Waals surface area contributed by atoms with Gasteiger partial charge in [0.2, 0.25) is 15.9 Å². The maximum absolute atomic E-state index is 12.9. The quantitative estimate of drug-likeness (QED) is 0.625. The predicted molar refractivity (Wildman–Crippen MR) is 105 cm³/mol. The number of nitrogens with one attached hydrogen (secondary N) is 2. The van der Waals surface area contributed by atoms with Crippen molar-refractivity contribution in [2.45, 2.75) is 37.6 Å². The summed E-state index contributed by atoms with van der Waals surface area (Å²) < 4.78 is 44.9. The minimum absolute atomic E-state index is 0.0153. The number of ether oxygens (including phenoxy) is 1. The molecule has 1 atom stereocenters. The van der Waals surface area contributed by atoms with Gasteiger partial charge < -0.3 is 10.1 Å². The lowest BCUT2D eigenvalue weighted by molar-refractivity contribution is -0.121. The van der Waals surface area contributed by atoms with Crippen LogP contribution in [-0.4, -0.2) is 28.0 Å². The summed E-state index contributed by atoms with van der Waals surface area (Å²) in [5, 5.41) is 2.90. The normalized spacial score (nSPS) is 12.4. The number of amides is 1. The van der Waals surface area contributed by atoms with Gasteiger partial charge in [-0.1, -0.05) is 17.7 Å². The highest BCUT2D eigenvalue weighted by Crippen LogP contribution is 2.26. The van der Waals surface area contributed by atoms with Crippen LogP contribution in [0.1, 0.15) is 36.9 Å². The lowest BCUT2D eigenvalue weighted by atomic mass is 10.0. The SMILES string of the molecule is COc1ccc(C)cc1[C@@H](C)NC(=O)CCCNS(=O)(=O)c1ccc(F)cc1. The maximum atomic E-state index is 12.9. The van der Waals surface area contributed by atoms with Crippen molar-refractivity contribution in [2.75, 3.05) is 13.7 Å². The molecule has 2 aromatic carbocycles. The first-order valence-corrected chi connectivity index (χ1v) is 10.4. The third-order valence-electron chi connectivity index (χ3n) is 4.23. The van der Waals surface area contributed by atoms with Crippen molar-refractivity contribution in [3.8, 4) is 5.75 Å². The van der Waals surface area contributed by atoms with E-state index in [1.165, 1.54) is 12.1 Å². The van der Waals surface area contributed by atoms with Crippen LogP contribution in [0.4, 0.5) is 4.39 Å². The van der Waals surface area contributed by atoms with Gasteiger partial charge in [-0.25, -0.2) is 17.5 Å². The molecule has 8 heteroatoms. The summed E-state index contributed by atoms with van der Waals surface area (Å²) in [6, 6.07) is 10.1. The lowest BCUT2D eigenvalue weighted by Crippen LogP contribution is -2.29. The average Bonchev–Trinajstić information content (AvgIpc) is 2.65. The Balaban J connectivity index is 1.83. The Morgan fingerprint density at radius 2 is 1.86 bits per heavy atom. The van der Waals surface area contributed by atoms with E-state index in [0.717, 1.165) is 23.3 Å². The van der Waals surface area contributed by atoms with Gasteiger partial charge in [-0.15, -0.1) is 0 Å². The summed E-state index contributed by atoms with van der Waals surface area (Å²) in [6.45, 7) is 3.94. The smallest absolute Gasteiger partial charge is 0.240 e. The number of methoxy groups -OCH3 is 1. The molecule has 6 nitrogen and oxygen atoms in total. The van der Waals surface area contributed by atoms with Crippen LogP contribution in [0.2, 0.25) is 0 Å². The van der Waals surface area contributed by atoms with E-state index >= 15 is 0 Å². The van der Waals surface area contributed by atoms with Crippen LogP contribution in [0.25, 0.3) is 0 Å². The number of carbonyl (C=O) groups excluding carboxylic acids is 1. The molecule has 2 N–H and O–H groups in total. The van der Waals surface area contributed by atoms with Crippen LogP contribution >= 0.6 is 0 Å². The number of carbonyl (C=O) groups is 1. The Morgan fingerprint density at radius 3 is 2.50 bits per heavy atom. The number of hydrogen-bond donors (Lipinski definition) is 2. The van der Waals surface area contributed by atoms with Crippen LogP contribution in [-0.2, 0) is 14.8 Å². The van der Waals surface area contributed by atoms with Gasteiger partial charge in [0, 0.05) is 18.5 Å². The molecule has 0 radical (unpaired) electrons. The molecule has 0 aromatic heterocycles. The fourth-order valence-electron chi connectivity index (χ4n) is 2.74. The zero-order valence-corrected chi connectivity index (χ0v) is 17.0. The van der Waals surface area contributed by atoms with Gasteiger partial charge >= 0.3 is 0 Å². The summed E-state index contributed by atoms with van der Waals surface area (Å²) in [7, 11) is -2.14.